The number of rotatable bonds is 4. The molecule has 6 heteroatoms. The van der Waals surface area contributed by atoms with Crippen molar-refractivity contribution >= 4 is 0 Å². The molecule has 1 aromatic heterocycles. The van der Waals surface area contributed by atoms with Gasteiger partial charge in [-0.25, -0.2) is 0 Å². The first kappa shape index (κ1) is 18.6. The fourth-order valence-corrected chi connectivity index (χ4v) is 4.45. The van der Waals surface area contributed by atoms with E-state index in [1.54, 1.807) is 0 Å². The summed E-state index contributed by atoms with van der Waals surface area (Å²) in [5.41, 5.74) is 1.13. The molecule has 27 heavy (non-hydrogen) atoms. The highest BCUT2D eigenvalue weighted by atomic mass is 16.5. The highest BCUT2D eigenvalue weighted by Crippen LogP contribution is 2.36. The van der Waals surface area contributed by atoms with Crippen molar-refractivity contribution in [3.8, 4) is 0 Å². The van der Waals surface area contributed by atoms with Crippen LogP contribution in [0.25, 0.3) is 0 Å². The number of aliphatic hydroxyl groups is 1. The van der Waals surface area contributed by atoms with E-state index < -0.39 is 5.60 Å². The molecule has 0 unspecified atom stereocenters. The van der Waals surface area contributed by atoms with Gasteiger partial charge in [-0.2, -0.15) is 0 Å². The number of benzene rings is 1. The predicted molar refractivity (Wildman–Crippen MR) is 104 cm³/mol. The summed E-state index contributed by atoms with van der Waals surface area (Å²) in [5.74, 6) is 0.898. The van der Waals surface area contributed by atoms with Crippen LogP contribution in [0, 0.1) is 6.92 Å². The van der Waals surface area contributed by atoms with Crippen LogP contribution in [0.5, 0.6) is 0 Å². The van der Waals surface area contributed by atoms with Gasteiger partial charge in [0.2, 0.25) is 0 Å². The molecule has 2 aromatic rings. The van der Waals surface area contributed by atoms with Gasteiger partial charge in [0.25, 0.3) is 0 Å². The Kier molecular flexibility index (Phi) is 5.32. The summed E-state index contributed by atoms with van der Waals surface area (Å²) in [6, 6.07) is 12.3. The summed E-state index contributed by atoms with van der Waals surface area (Å²) in [6.07, 6.45) is 0.723. The van der Waals surface area contributed by atoms with Crippen LogP contribution in [0.3, 0.4) is 0 Å². The first-order valence-electron chi connectivity index (χ1n) is 9.89. The molecule has 2 fully saturated rings. The van der Waals surface area contributed by atoms with Crippen molar-refractivity contribution in [3.63, 3.8) is 0 Å². The molecule has 0 aliphatic carbocycles. The van der Waals surface area contributed by atoms with Crippen LogP contribution >= 0.6 is 0 Å². The highest BCUT2D eigenvalue weighted by Gasteiger charge is 2.46. The monoisotopic (exact) mass is 370 g/mol. The molecule has 0 saturated carbocycles. The SMILES string of the molecule is Cc1cc(CN2CC[C@](O)(c3ccccc3)[C@H](N3CCN(C)CC3)C2)on1. The maximum absolute atomic E-state index is 11.8. The first-order chi connectivity index (χ1) is 13.0. The predicted octanol–water partition coefficient (Wildman–Crippen LogP) is 1.69. The number of piperidine rings is 1. The number of hydrogen-bond donors (Lipinski definition) is 1. The third-order valence-corrected chi connectivity index (χ3v) is 6.10. The van der Waals surface area contributed by atoms with Crippen LogP contribution in [0.1, 0.15) is 23.4 Å². The molecule has 0 radical (unpaired) electrons. The highest BCUT2D eigenvalue weighted by molar-refractivity contribution is 5.26. The number of nitrogens with zero attached hydrogens (tertiary/aromatic N) is 4. The Morgan fingerprint density at radius 2 is 1.89 bits per heavy atom. The number of likely N-dealkylation sites (N-methyl/N-ethyl adjacent to an activating group) is 1. The quantitative estimate of drug-likeness (QED) is 0.884. The number of piperazine rings is 1. The molecule has 2 aliphatic heterocycles. The summed E-state index contributed by atoms with van der Waals surface area (Å²) >= 11 is 0. The van der Waals surface area contributed by atoms with Crippen molar-refractivity contribution in [2.75, 3.05) is 46.3 Å². The molecular weight excluding hydrogens is 340 g/mol. The van der Waals surface area contributed by atoms with Crippen molar-refractivity contribution < 1.29 is 9.63 Å². The lowest BCUT2D eigenvalue weighted by atomic mass is 9.79. The Balaban J connectivity index is 1.56. The Bertz CT molecular complexity index is 742. The second kappa shape index (κ2) is 7.72. The number of hydrogen-bond acceptors (Lipinski definition) is 6. The molecule has 146 valence electrons. The minimum atomic E-state index is -0.814. The molecule has 2 aliphatic rings. The van der Waals surface area contributed by atoms with Crippen molar-refractivity contribution in [1.29, 1.82) is 0 Å². The second-order valence-electron chi connectivity index (χ2n) is 8.07. The fraction of sp³-hybridized carbons (Fsp3) is 0.571. The van der Waals surface area contributed by atoms with E-state index in [1.807, 2.05) is 31.2 Å². The number of aromatic nitrogens is 1. The van der Waals surface area contributed by atoms with Gasteiger partial charge in [-0.15, -0.1) is 0 Å². The van der Waals surface area contributed by atoms with Gasteiger partial charge in [0.1, 0.15) is 5.60 Å². The molecule has 0 amide bonds. The minimum absolute atomic E-state index is 0.0753. The van der Waals surface area contributed by atoms with E-state index in [9.17, 15) is 5.11 Å². The van der Waals surface area contributed by atoms with Crippen molar-refractivity contribution in [2.45, 2.75) is 31.5 Å². The Morgan fingerprint density at radius 1 is 1.15 bits per heavy atom. The average molecular weight is 370 g/mol. The van der Waals surface area contributed by atoms with Crippen LogP contribution in [-0.4, -0.2) is 77.3 Å². The molecule has 0 bridgehead atoms. The zero-order valence-electron chi connectivity index (χ0n) is 16.3. The largest absolute Gasteiger partial charge is 0.383 e. The summed E-state index contributed by atoms with van der Waals surface area (Å²) in [7, 11) is 2.17. The van der Waals surface area contributed by atoms with E-state index in [0.29, 0.717) is 0 Å². The fourth-order valence-electron chi connectivity index (χ4n) is 4.45. The van der Waals surface area contributed by atoms with Gasteiger partial charge in [-0.1, -0.05) is 35.5 Å². The van der Waals surface area contributed by atoms with Gasteiger partial charge in [0.05, 0.1) is 18.3 Å². The summed E-state index contributed by atoms with van der Waals surface area (Å²) in [5, 5.41) is 15.8. The zero-order chi connectivity index (χ0) is 18.9. The summed E-state index contributed by atoms with van der Waals surface area (Å²) < 4.78 is 5.42. The van der Waals surface area contributed by atoms with Gasteiger partial charge in [-0.3, -0.25) is 9.80 Å². The Morgan fingerprint density at radius 3 is 2.56 bits per heavy atom. The Hall–Kier alpha value is -1.73. The number of likely N-dealkylation sites (tertiary alicyclic amines) is 1. The van der Waals surface area contributed by atoms with E-state index in [1.165, 1.54) is 0 Å². The maximum Gasteiger partial charge on any atom is 0.150 e. The molecule has 2 atom stereocenters. The molecular formula is C21H30N4O2. The minimum Gasteiger partial charge on any atom is -0.383 e. The van der Waals surface area contributed by atoms with Gasteiger partial charge in [0.15, 0.2) is 5.76 Å². The number of aryl methyl sites for hydroxylation is 1. The van der Waals surface area contributed by atoms with Crippen molar-refractivity contribution in [2.24, 2.45) is 0 Å². The maximum atomic E-state index is 11.8. The summed E-state index contributed by atoms with van der Waals surface area (Å²) in [6.45, 7) is 8.44. The molecule has 4 rings (SSSR count). The van der Waals surface area contributed by atoms with Gasteiger partial charge in [-0.05, 0) is 26.0 Å². The molecule has 3 heterocycles. The molecule has 0 spiro atoms. The van der Waals surface area contributed by atoms with E-state index in [2.05, 4.69) is 39.0 Å². The van der Waals surface area contributed by atoms with Crippen LogP contribution in [0.4, 0.5) is 0 Å². The lowest BCUT2D eigenvalue weighted by Gasteiger charge is -2.51. The molecule has 2 saturated heterocycles. The molecule has 1 aromatic carbocycles. The first-order valence-corrected chi connectivity index (χ1v) is 9.89. The average Bonchev–Trinajstić information content (AvgIpc) is 3.10. The summed E-state index contributed by atoms with van der Waals surface area (Å²) in [4.78, 5) is 7.22. The molecule has 6 nitrogen and oxygen atoms in total. The van der Waals surface area contributed by atoms with Crippen molar-refractivity contribution in [1.82, 2.24) is 19.9 Å². The smallest absolute Gasteiger partial charge is 0.150 e. The third kappa shape index (κ3) is 3.94. The molecule has 1 N–H and O–H groups in total. The van der Waals surface area contributed by atoms with Gasteiger partial charge >= 0.3 is 0 Å². The van der Waals surface area contributed by atoms with E-state index >= 15 is 0 Å². The third-order valence-electron chi connectivity index (χ3n) is 6.10. The van der Waals surface area contributed by atoms with E-state index in [0.717, 1.165) is 69.3 Å². The van der Waals surface area contributed by atoms with Crippen LogP contribution in [0.2, 0.25) is 0 Å². The van der Waals surface area contributed by atoms with Crippen LogP contribution in [-0.2, 0) is 12.1 Å². The van der Waals surface area contributed by atoms with Gasteiger partial charge in [0, 0.05) is 45.3 Å². The standard InChI is InChI=1S/C21H30N4O2/c1-17-14-19(27-22-17)15-24-9-8-21(26,18-6-4-3-5-7-18)20(16-24)25-12-10-23(2)11-13-25/h3-7,14,20,26H,8-13,15-16H2,1-2H3/t20-,21+/m1/s1. The second-order valence-corrected chi connectivity index (χ2v) is 8.07. The Labute approximate surface area is 161 Å². The van der Waals surface area contributed by atoms with Crippen LogP contribution < -0.4 is 0 Å². The zero-order valence-corrected chi connectivity index (χ0v) is 16.3. The topological polar surface area (TPSA) is 56.0 Å². The van der Waals surface area contributed by atoms with Gasteiger partial charge < -0.3 is 14.5 Å². The van der Waals surface area contributed by atoms with Crippen molar-refractivity contribution in [3.05, 3.63) is 53.4 Å². The lowest BCUT2D eigenvalue weighted by molar-refractivity contribution is -0.109. The normalized spacial score (nSPS) is 28.5. The lowest BCUT2D eigenvalue weighted by Crippen LogP contribution is -2.63. The van der Waals surface area contributed by atoms with Crippen LogP contribution in [0.15, 0.2) is 40.9 Å². The van der Waals surface area contributed by atoms with E-state index in [-0.39, 0.29) is 6.04 Å². The van der Waals surface area contributed by atoms with E-state index in [4.69, 9.17) is 4.52 Å².